The van der Waals surface area contributed by atoms with Gasteiger partial charge in [-0.1, -0.05) is 92.0 Å². The molecule has 0 bridgehead atoms. The molecule has 37 heavy (non-hydrogen) atoms. The molecular weight excluding hydrogens is 452 g/mol. The average Bonchev–Trinajstić information content (AvgIpc) is 2.92. The average molecular weight is 505 g/mol. The maximum absolute atomic E-state index is 13.7. The number of ketones is 1. The molecule has 0 heterocycles. The third-order valence-corrected chi connectivity index (χ3v) is 8.10. The van der Waals surface area contributed by atoms with Crippen LogP contribution in [0.3, 0.4) is 0 Å². The van der Waals surface area contributed by atoms with Crippen LogP contribution >= 0.6 is 0 Å². The lowest BCUT2D eigenvalue weighted by Crippen LogP contribution is -2.09. The van der Waals surface area contributed by atoms with Gasteiger partial charge in [-0.2, -0.15) is 0 Å². The quantitative estimate of drug-likeness (QED) is 0.140. The molecule has 0 saturated heterocycles. The summed E-state index contributed by atoms with van der Waals surface area (Å²) in [5.41, 5.74) is 6.56. The summed E-state index contributed by atoms with van der Waals surface area (Å²) in [5.74, 6) is 0.884. The lowest BCUT2D eigenvalue weighted by molar-refractivity contribution is 0.0980. The van der Waals surface area contributed by atoms with Crippen molar-refractivity contribution < 1.29 is 9.90 Å². The van der Waals surface area contributed by atoms with E-state index >= 15 is 0 Å². The van der Waals surface area contributed by atoms with Crippen molar-refractivity contribution in [3.05, 3.63) is 75.5 Å². The summed E-state index contributed by atoms with van der Waals surface area (Å²) < 4.78 is 0. The van der Waals surface area contributed by atoms with Crippen LogP contribution < -0.4 is 0 Å². The largest absolute Gasteiger partial charge is 0.504 e. The van der Waals surface area contributed by atoms with E-state index in [2.05, 4.69) is 72.7 Å². The molecule has 0 aromatic heterocycles. The van der Waals surface area contributed by atoms with Crippen LogP contribution in [0.25, 0.3) is 6.08 Å². The minimum Gasteiger partial charge on any atom is -0.504 e. The first-order chi connectivity index (χ1) is 17.9. The Morgan fingerprint density at radius 2 is 1.24 bits per heavy atom. The summed E-state index contributed by atoms with van der Waals surface area (Å²) in [6, 6.07) is 13.0. The van der Waals surface area contributed by atoms with Crippen molar-refractivity contribution in [1.82, 2.24) is 0 Å². The Labute approximate surface area is 227 Å². The summed E-state index contributed by atoms with van der Waals surface area (Å²) in [4.78, 5) is 13.7. The van der Waals surface area contributed by atoms with Crippen LogP contribution in [0.15, 0.2) is 42.2 Å². The second-order valence-electron chi connectivity index (χ2n) is 10.7. The molecular formula is C35H52O2. The van der Waals surface area contributed by atoms with Crippen molar-refractivity contribution in [1.29, 1.82) is 0 Å². The first-order valence-corrected chi connectivity index (χ1v) is 15.1. The zero-order valence-electron chi connectivity index (χ0n) is 24.7. The third kappa shape index (κ3) is 8.32. The molecule has 0 aliphatic carbocycles. The molecule has 3 atom stereocenters. The predicted octanol–water partition coefficient (Wildman–Crippen LogP) is 10.9. The van der Waals surface area contributed by atoms with E-state index < -0.39 is 0 Å². The van der Waals surface area contributed by atoms with Crippen molar-refractivity contribution in [2.24, 2.45) is 0 Å². The van der Waals surface area contributed by atoms with Crippen molar-refractivity contribution in [3.8, 4) is 0 Å². The van der Waals surface area contributed by atoms with Gasteiger partial charge in [0.05, 0.1) is 0 Å². The van der Waals surface area contributed by atoms with E-state index in [-0.39, 0.29) is 11.5 Å². The lowest BCUT2D eigenvalue weighted by Gasteiger charge is -2.21. The van der Waals surface area contributed by atoms with Gasteiger partial charge in [0.1, 0.15) is 0 Å². The SMILES string of the molecule is CCCC(CC)c1cc(C(=O)C(O)=Cc2cc(CC)ccc2C(CC)CCC)cc(C(CC)CCC)c1. The highest BCUT2D eigenvalue weighted by atomic mass is 16.3. The molecule has 0 spiro atoms. The Balaban J connectivity index is 2.59. The number of carbonyl (C=O) groups is 1. The van der Waals surface area contributed by atoms with Crippen molar-refractivity contribution in [3.63, 3.8) is 0 Å². The molecule has 0 fully saturated rings. The molecule has 3 unspecified atom stereocenters. The molecule has 2 aromatic rings. The van der Waals surface area contributed by atoms with Gasteiger partial charge in [-0.3, -0.25) is 4.79 Å². The van der Waals surface area contributed by atoms with E-state index in [0.717, 1.165) is 69.8 Å². The number of aryl methyl sites for hydroxylation is 1. The Bertz CT molecular complexity index is 984. The minimum atomic E-state index is -0.266. The minimum absolute atomic E-state index is 0.156. The van der Waals surface area contributed by atoms with Gasteiger partial charge in [-0.05, 0) is 109 Å². The topological polar surface area (TPSA) is 37.3 Å². The first kappa shape index (κ1) is 30.9. The van der Waals surface area contributed by atoms with E-state index in [4.69, 9.17) is 0 Å². The number of rotatable bonds is 16. The fourth-order valence-corrected chi connectivity index (χ4v) is 5.82. The maximum atomic E-state index is 13.7. The summed E-state index contributed by atoms with van der Waals surface area (Å²) in [7, 11) is 0. The van der Waals surface area contributed by atoms with Crippen molar-refractivity contribution in [2.75, 3.05) is 0 Å². The lowest BCUT2D eigenvalue weighted by atomic mass is 9.84. The summed E-state index contributed by atoms with van der Waals surface area (Å²) in [6.07, 6.45) is 12.5. The van der Waals surface area contributed by atoms with E-state index in [0.29, 0.717) is 23.3 Å². The van der Waals surface area contributed by atoms with E-state index in [1.807, 2.05) is 12.1 Å². The Morgan fingerprint density at radius 1 is 0.730 bits per heavy atom. The molecule has 0 radical (unpaired) electrons. The van der Waals surface area contributed by atoms with Crippen LogP contribution in [-0.2, 0) is 6.42 Å². The standard InChI is InChI=1S/C35H52O2/c1-8-15-26(12-5)29-21-30(27(13-6)16-9-2)23-32(22-29)35(37)34(36)24-31-20-25(11-4)18-19-33(31)28(14-7)17-10-3/h18-24,26-28,36H,8-17H2,1-7H3. The van der Waals surface area contributed by atoms with Crippen molar-refractivity contribution >= 4 is 11.9 Å². The Morgan fingerprint density at radius 3 is 1.70 bits per heavy atom. The highest BCUT2D eigenvalue weighted by Gasteiger charge is 2.20. The van der Waals surface area contributed by atoms with Gasteiger partial charge >= 0.3 is 0 Å². The smallest absolute Gasteiger partial charge is 0.227 e. The van der Waals surface area contributed by atoms with Crippen LogP contribution in [0.4, 0.5) is 0 Å². The molecule has 1 N–H and O–H groups in total. The zero-order valence-corrected chi connectivity index (χ0v) is 24.7. The van der Waals surface area contributed by atoms with Crippen LogP contribution in [-0.4, -0.2) is 10.9 Å². The molecule has 0 amide bonds. The second-order valence-corrected chi connectivity index (χ2v) is 10.7. The van der Waals surface area contributed by atoms with Gasteiger partial charge in [0, 0.05) is 5.56 Å². The number of benzene rings is 2. The molecule has 0 aliphatic heterocycles. The van der Waals surface area contributed by atoms with Crippen LogP contribution in [0.2, 0.25) is 0 Å². The molecule has 0 saturated carbocycles. The number of allylic oxidation sites excluding steroid dienone is 1. The van der Waals surface area contributed by atoms with Gasteiger partial charge < -0.3 is 5.11 Å². The van der Waals surface area contributed by atoms with Gasteiger partial charge in [0.2, 0.25) is 5.78 Å². The monoisotopic (exact) mass is 504 g/mol. The third-order valence-electron chi connectivity index (χ3n) is 8.10. The number of carbonyl (C=O) groups excluding carboxylic acids is 1. The zero-order chi connectivity index (χ0) is 27.4. The highest BCUT2D eigenvalue weighted by Crippen LogP contribution is 2.34. The molecule has 2 heteroatoms. The van der Waals surface area contributed by atoms with Gasteiger partial charge in [-0.15, -0.1) is 0 Å². The second kappa shape index (κ2) is 15.8. The normalized spacial score (nSPS) is 14.4. The molecule has 2 rings (SSSR count). The van der Waals surface area contributed by atoms with Crippen molar-refractivity contribution in [2.45, 2.75) is 130 Å². The maximum Gasteiger partial charge on any atom is 0.227 e. The number of aliphatic hydroxyl groups is 1. The molecule has 0 aliphatic rings. The fraction of sp³-hybridized carbons (Fsp3) is 0.571. The number of aliphatic hydroxyl groups excluding tert-OH is 1. The van der Waals surface area contributed by atoms with Crippen LogP contribution in [0, 0.1) is 0 Å². The molecule has 2 aromatic carbocycles. The Hall–Kier alpha value is -2.35. The van der Waals surface area contributed by atoms with E-state index in [1.165, 1.54) is 22.3 Å². The highest BCUT2D eigenvalue weighted by molar-refractivity contribution is 6.09. The van der Waals surface area contributed by atoms with Crippen LogP contribution in [0.5, 0.6) is 0 Å². The predicted molar refractivity (Wildman–Crippen MR) is 161 cm³/mol. The fourth-order valence-electron chi connectivity index (χ4n) is 5.82. The number of Topliss-reactive ketones (excluding diaryl/α,β-unsaturated/α-hetero) is 1. The van der Waals surface area contributed by atoms with Gasteiger partial charge in [-0.25, -0.2) is 0 Å². The van der Waals surface area contributed by atoms with E-state index in [9.17, 15) is 9.90 Å². The summed E-state index contributed by atoms with van der Waals surface area (Å²) >= 11 is 0. The molecule has 204 valence electrons. The number of hydrogen-bond donors (Lipinski definition) is 1. The van der Waals surface area contributed by atoms with Gasteiger partial charge in [0.15, 0.2) is 5.76 Å². The number of hydrogen-bond acceptors (Lipinski definition) is 2. The van der Waals surface area contributed by atoms with Crippen LogP contribution in [0.1, 0.15) is 162 Å². The summed E-state index contributed by atoms with van der Waals surface area (Å²) in [6.45, 7) is 15.5. The first-order valence-electron chi connectivity index (χ1n) is 15.1. The molecule has 2 nitrogen and oxygen atoms in total. The Kier molecular flexibility index (Phi) is 13.2. The van der Waals surface area contributed by atoms with E-state index in [1.54, 1.807) is 6.08 Å². The van der Waals surface area contributed by atoms with Gasteiger partial charge in [0.25, 0.3) is 0 Å². The summed E-state index contributed by atoms with van der Waals surface area (Å²) in [5, 5.41) is 11.2.